The van der Waals surface area contributed by atoms with Crippen LogP contribution in [0.3, 0.4) is 0 Å². The van der Waals surface area contributed by atoms with Crippen molar-refractivity contribution in [2.45, 2.75) is 116 Å². The number of Topliss-reactive ketones (excluding diaryl/α,β-unsaturated/α-hetero) is 2. The third-order valence-electron chi connectivity index (χ3n) is 14.6. The molecular weight excluding hydrogens is 1030 g/mol. The number of carbonyl (C=O) groups excluding carboxylic acids is 6. The monoisotopic (exact) mass is 1110 g/mol. The highest BCUT2D eigenvalue weighted by atomic mass is 16.6. The van der Waals surface area contributed by atoms with Gasteiger partial charge in [0.05, 0.1) is 54.7 Å². The van der Waals surface area contributed by atoms with E-state index in [2.05, 4.69) is 15.5 Å². The second-order valence-corrected chi connectivity index (χ2v) is 24.4. The van der Waals surface area contributed by atoms with Gasteiger partial charge >= 0.3 is 35.8 Å². The highest BCUT2D eigenvalue weighted by Gasteiger charge is 2.62. The molecule has 0 radical (unpaired) electrons. The standard InChI is InChI=1S/C60H79N3O17/c1-33(64)45(63-62-39-31-35(50(72)77-16)27-28-36(39)51(73)78-17)46(65)61-38-25-21-22-26-40(38)79-29-30-80-52(74)44(56(5,6)7)43(49(70)71)60(14,15)54(76)59(12,13)42(48(68)69)41(47(66)67)58(10,11)53(75)57(8,9)37(32-55(2,3)4)34-23-19-18-20-24-34/h18-28,31,37,41-44,64H,29-30,32H2,1-17H3,(H,61,65)(H,66,67)(H,68,69)(H,70,71). The predicted molar refractivity (Wildman–Crippen MR) is 295 cm³/mol. The van der Waals surface area contributed by atoms with Gasteiger partial charge in [0.25, 0.3) is 5.91 Å². The molecule has 5 atom stereocenters. The van der Waals surface area contributed by atoms with Crippen LogP contribution in [-0.4, -0.2) is 101 Å². The van der Waals surface area contributed by atoms with Crippen molar-refractivity contribution in [2.75, 3.05) is 32.8 Å². The molecule has 20 nitrogen and oxygen atoms in total. The summed E-state index contributed by atoms with van der Waals surface area (Å²) in [6.07, 6.45) is 0.503. The second kappa shape index (κ2) is 26.0. The van der Waals surface area contributed by atoms with Crippen LogP contribution in [0.2, 0.25) is 0 Å². The van der Waals surface area contributed by atoms with E-state index < -0.39 is 128 Å². The molecule has 0 heterocycles. The second-order valence-electron chi connectivity index (χ2n) is 24.4. The molecule has 5 N–H and O–H groups in total. The zero-order valence-corrected chi connectivity index (χ0v) is 48.9. The third-order valence-corrected chi connectivity index (χ3v) is 14.6. The minimum atomic E-state index is -2.19. The summed E-state index contributed by atoms with van der Waals surface area (Å²) in [5.41, 5.74) is -9.11. The maximum atomic E-state index is 15.2. The van der Waals surface area contributed by atoms with Crippen molar-refractivity contribution >= 4 is 64.7 Å². The first-order valence-corrected chi connectivity index (χ1v) is 25.9. The van der Waals surface area contributed by atoms with Crippen LogP contribution in [0.4, 0.5) is 11.4 Å². The van der Waals surface area contributed by atoms with Gasteiger partial charge in [-0.1, -0.05) is 139 Å². The summed E-state index contributed by atoms with van der Waals surface area (Å²) >= 11 is 0. The van der Waals surface area contributed by atoms with Gasteiger partial charge in [0.1, 0.15) is 42.0 Å². The van der Waals surface area contributed by atoms with E-state index in [4.69, 9.17) is 18.9 Å². The Labute approximate surface area is 467 Å². The highest BCUT2D eigenvalue weighted by Crippen LogP contribution is 2.54. The number of para-hydroxylation sites is 2. The summed E-state index contributed by atoms with van der Waals surface area (Å²) in [4.78, 5) is 124. The van der Waals surface area contributed by atoms with Crippen molar-refractivity contribution in [2.24, 2.45) is 66.4 Å². The zero-order chi connectivity index (χ0) is 61.3. The van der Waals surface area contributed by atoms with Gasteiger partial charge in [-0.2, -0.15) is 0 Å². The van der Waals surface area contributed by atoms with Crippen LogP contribution >= 0.6 is 0 Å². The number of carboxylic acid groups (broad SMARTS) is 3. The molecule has 0 spiro atoms. The Balaban J connectivity index is 1.95. The number of anilines is 1. The first-order valence-electron chi connectivity index (χ1n) is 25.9. The van der Waals surface area contributed by atoms with Crippen LogP contribution in [-0.2, 0) is 47.8 Å². The van der Waals surface area contributed by atoms with Crippen LogP contribution in [0, 0.1) is 56.2 Å². The highest BCUT2D eigenvalue weighted by molar-refractivity contribution is 6.05. The van der Waals surface area contributed by atoms with E-state index in [1.165, 1.54) is 71.9 Å². The molecule has 0 bridgehead atoms. The minimum Gasteiger partial charge on any atom is -0.510 e. The van der Waals surface area contributed by atoms with Gasteiger partial charge in [-0.25, -0.2) is 9.59 Å². The Bertz CT molecular complexity index is 2880. The van der Waals surface area contributed by atoms with E-state index in [0.717, 1.165) is 26.7 Å². The number of esters is 3. The molecule has 0 aliphatic rings. The number of allylic oxidation sites excluding steroid dienone is 1. The lowest BCUT2D eigenvalue weighted by Crippen LogP contribution is -2.58. The number of methoxy groups -OCH3 is 2. The summed E-state index contributed by atoms with van der Waals surface area (Å²) in [5, 5.41) is 53.9. The Morgan fingerprint density at radius 2 is 1.05 bits per heavy atom. The number of hydrogen-bond donors (Lipinski definition) is 5. The molecule has 3 aromatic carbocycles. The molecule has 20 heteroatoms. The largest absolute Gasteiger partial charge is 0.510 e. The maximum Gasteiger partial charge on any atom is 0.340 e. The van der Waals surface area contributed by atoms with Gasteiger partial charge in [-0.05, 0) is 66.0 Å². The quantitative estimate of drug-likeness (QED) is 0.0125. The van der Waals surface area contributed by atoms with Crippen LogP contribution in [0.15, 0.2) is 94.5 Å². The fraction of sp³-hybridized carbons (Fsp3) is 0.517. The number of ether oxygens (including phenoxy) is 4. The van der Waals surface area contributed by atoms with Crippen molar-refractivity contribution in [3.8, 4) is 5.75 Å². The number of nitrogens with zero attached hydrogens (tertiary/aromatic N) is 2. The molecule has 1 amide bonds. The number of rotatable bonds is 26. The van der Waals surface area contributed by atoms with Crippen molar-refractivity contribution in [1.29, 1.82) is 0 Å². The van der Waals surface area contributed by atoms with E-state index in [-0.39, 0.29) is 40.3 Å². The van der Waals surface area contributed by atoms with Crippen molar-refractivity contribution < 1.29 is 82.5 Å². The maximum absolute atomic E-state index is 15.2. The minimum absolute atomic E-state index is 0.00545. The van der Waals surface area contributed by atoms with Crippen LogP contribution in [0.1, 0.15) is 142 Å². The molecule has 0 aliphatic carbocycles. The first kappa shape index (κ1) is 66.5. The van der Waals surface area contributed by atoms with Crippen molar-refractivity contribution in [1.82, 2.24) is 0 Å². The Morgan fingerprint density at radius 1 is 0.575 bits per heavy atom. The van der Waals surface area contributed by atoms with E-state index in [1.54, 1.807) is 46.8 Å². The summed E-state index contributed by atoms with van der Waals surface area (Å²) in [6.45, 7) is 22.1. The lowest BCUT2D eigenvalue weighted by molar-refractivity contribution is -0.178. The lowest BCUT2D eigenvalue weighted by atomic mass is 9.52. The number of aliphatic hydroxyl groups is 1. The number of hydrogen-bond acceptors (Lipinski definition) is 16. The Kier molecular flexibility index (Phi) is 21.6. The smallest absolute Gasteiger partial charge is 0.340 e. The Morgan fingerprint density at radius 3 is 1.51 bits per heavy atom. The van der Waals surface area contributed by atoms with E-state index in [1.807, 2.05) is 51.1 Å². The van der Waals surface area contributed by atoms with Gasteiger partial charge in [-0.3, -0.25) is 33.6 Å². The fourth-order valence-corrected chi connectivity index (χ4v) is 10.7. The number of ketones is 2. The number of amides is 1. The summed E-state index contributed by atoms with van der Waals surface area (Å²) < 4.78 is 21.0. The molecule has 0 aromatic heterocycles. The topological polar surface area (TPSA) is 308 Å². The van der Waals surface area contributed by atoms with E-state index in [0.29, 0.717) is 6.42 Å². The molecule has 436 valence electrons. The summed E-state index contributed by atoms with van der Waals surface area (Å²) in [6, 6.07) is 19.0. The average Bonchev–Trinajstić information content (AvgIpc) is 3.35. The molecule has 3 aromatic rings. The normalized spacial score (nSPS) is 14.8. The van der Waals surface area contributed by atoms with Gasteiger partial charge in [0.2, 0.25) is 0 Å². The number of azo groups is 1. The summed E-state index contributed by atoms with van der Waals surface area (Å²) in [7, 11) is 2.27. The molecule has 0 fully saturated rings. The molecule has 0 aliphatic heterocycles. The lowest BCUT2D eigenvalue weighted by Gasteiger charge is -2.48. The first-order chi connectivity index (χ1) is 36.7. The Hall–Kier alpha value is -7.77. The summed E-state index contributed by atoms with van der Waals surface area (Å²) in [5.74, 6) is -18.8. The van der Waals surface area contributed by atoms with E-state index >= 15 is 9.59 Å². The number of carboxylic acids is 3. The molecule has 80 heavy (non-hydrogen) atoms. The van der Waals surface area contributed by atoms with Gasteiger partial charge in [0.15, 0.2) is 5.70 Å². The van der Waals surface area contributed by atoms with Crippen LogP contribution in [0.5, 0.6) is 5.75 Å². The van der Waals surface area contributed by atoms with Crippen LogP contribution in [0.25, 0.3) is 0 Å². The molecule has 0 saturated carbocycles. The number of benzene rings is 3. The number of aliphatic carboxylic acids is 3. The predicted octanol–water partition coefficient (Wildman–Crippen LogP) is 10.9. The van der Waals surface area contributed by atoms with Gasteiger partial charge in [-0.15, -0.1) is 10.2 Å². The van der Waals surface area contributed by atoms with E-state index in [9.17, 15) is 54.0 Å². The number of nitrogens with one attached hydrogen (secondary N) is 1. The van der Waals surface area contributed by atoms with Gasteiger partial charge < -0.3 is 44.7 Å². The molecular formula is C60H79N3O17. The van der Waals surface area contributed by atoms with Gasteiger partial charge in [0, 0.05) is 21.7 Å². The third kappa shape index (κ3) is 15.5. The molecule has 0 saturated heterocycles. The van der Waals surface area contributed by atoms with Crippen molar-refractivity contribution in [3.05, 3.63) is 101 Å². The van der Waals surface area contributed by atoms with Crippen molar-refractivity contribution in [3.63, 3.8) is 0 Å². The fourth-order valence-electron chi connectivity index (χ4n) is 10.7. The average molecular weight is 1110 g/mol. The van der Waals surface area contributed by atoms with Crippen LogP contribution < -0.4 is 10.1 Å². The molecule has 3 rings (SSSR count). The number of aliphatic hydroxyl groups excluding tert-OH is 1. The molecule has 5 unspecified atom stereocenters. The number of carbonyl (C=O) groups is 9. The SMILES string of the molecule is COC(=O)c1ccc(C(=O)OC)c(N=NC(C(=O)Nc2ccccc2OCCOC(=O)C(C(C(=O)O)C(C)(C)C(=O)C(C)(C)C(C(=O)O)C(C(=O)O)C(C)(C)C(=O)C(C)(C)C(CC(C)(C)C)c2ccccc2)C(C)(C)C)=C(C)O)c1. The zero-order valence-electron chi connectivity index (χ0n) is 48.9.